The number of hydrogen-bond acceptors (Lipinski definition) is 8. The Morgan fingerprint density at radius 3 is 2.65 bits per heavy atom. The van der Waals surface area contributed by atoms with Crippen molar-refractivity contribution in [2.75, 3.05) is 44.1 Å². The number of benzene rings is 2. The van der Waals surface area contributed by atoms with Crippen molar-refractivity contribution in [3.63, 3.8) is 0 Å². The number of allylic oxidation sites excluding steroid dienone is 4. The van der Waals surface area contributed by atoms with Gasteiger partial charge in [-0.1, -0.05) is 41.6 Å². The minimum atomic E-state index is -0.628. The number of rotatable bonds is 13. The van der Waals surface area contributed by atoms with Crippen LogP contribution < -0.4 is 9.64 Å². The molecule has 2 unspecified atom stereocenters. The molecule has 0 saturated heterocycles. The Balaban J connectivity index is 1.34. The molecular formula is C31H36N2O6S. The fourth-order valence-electron chi connectivity index (χ4n) is 4.66. The smallest absolute Gasteiger partial charge is 0.335 e. The summed E-state index contributed by atoms with van der Waals surface area (Å²) in [5, 5.41) is 4.15. The number of amides is 1. The van der Waals surface area contributed by atoms with Crippen molar-refractivity contribution in [2.45, 2.75) is 37.7 Å². The van der Waals surface area contributed by atoms with Crippen molar-refractivity contribution < 1.29 is 28.6 Å². The van der Waals surface area contributed by atoms with Gasteiger partial charge >= 0.3 is 5.97 Å². The minimum absolute atomic E-state index is 0.0694. The van der Waals surface area contributed by atoms with E-state index in [4.69, 9.17) is 19.0 Å². The second-order valence-corrected chi connectivity index (χ2v) is 10.3. The maximum atomic E-state index is 12.8. The lowest BCUT2D eigenvalue weighted by molar-refractivity contribution is -0.156. The normalized spacial score (nSPS) is 18.0. The summed E-state index contributed by atoms with van der Waals surface area (Å²) in [5.41, 5.74) is 3.94. The molecule has 1 aliphatic carbocycles. The molecular weight excluding hydrogens is 528 g/mol. The van der Waals surface area contributed by atoms with Crippen LogP contribution in [0.3, 0.4) is 0 Å². The molecule has 2 aromatic rings. The molecule has 0 fully saturated rings. The molecule has 2 aromatic carbocycles. The third kappa shape index (κ3) is 7.76. The molecule has 1 amide bonds. The maximum Gasteiger partial charge on any atom is 0.335 e. The summed E-state index contributed by atoms with van der Waals surface area (Å²) in [6.45, 7) is 5.19. The Hall–Kier alpha value is -3.56. The summed E-state index contributed by atoms with van der Waals surface area (Å²) < 4.78 is 16.6. The van der Waals surface area contributed by atoms with Gasteiger partial charge in [-0.3, -0.25) is 4.79 Å². The molecule has 9 heteroatoms. The zero-order chi connectivity index (χ0) is 28.3. The predicted molar refractivity (Wildman–Crippen MR) is 157 cm³/mol. The number of ether oxygens (including phenoxy) is 3. The highest BCUT2D eigenvalue weighted by Gasteiger charge is 2.26. The highest BCUT2D eigenvalue weighted by Crippen LogP contribution is 2.36. The average Bonchev–Trinajstić information content (AvgIpc) is 2.96. The number of nitrogens with zero attached hydrogens (tertiary/aromatic N) is 2. The second-order valence-electron chi connectivity index (χ2n) is 9.28. The first-order valence-electron chi connectivity index (χ1n) is 13.5. The third-order valence-electron chi connectivity index (χ3n) is 6.57. The zero-order valence-electron chi connectivity index (χ0n) is 23.2. The first-order valence-corrected chi connectivity index (χ1v) is 14.5. The average molecular weight is 565 g/mol. The summed E-state index contributed by atoms with van der Waals surface area (Å²) in [5.74, 6) is 0.957. The van der Waals surface area contributed by atoms with E-state index in [2.05, 4.69) is 23.4 Å². The van der Waals surface area contributed by atoms with E-state index in [1.165, 1.54) is 5.56 Å². The summed E-state index contributed by atoms with van der Waals surface area (Å²) in [6, 6.07) is 13.8. The van der Waals surface area contributed by atoms with Gasteiger partial charge in [0.1, 0.15) is 19.5 Å². The topological polar surface area (TPSA) is 86.7 Å². The third-order valence-corrected chi connectivity index (χ3v) is 7.60. The molecule has 8 nitrogen and oxygen atoms in total. The molecule has 2 atom stereocenters. The van der Waals surface area contributed by atoms with Crippen LogP contribution in [0.25, 0.3) is 0 Å². The molecule has 4 rings (SSSR count). The Morgan fingerprint density at radius 2 is 1.90 bits per heavy atom. The largest absolute Gasteiger partial charge is 0.492 e. The lowest BCUT2D eigenvalue weighted by Crippen LogP contribution is -2.38. The van der Waals surface area contributed by atoms with Crippen LogP contribution in [0.5, 0.6) is 5.75 Å². The summed E-state index contributed by atoms with van der Waals surface area (Å²) in [7, 11) is 1.56. The van der Waals surface area contributed by atoms with Gasteiger partial charge in [0.15, 0.2) is 6.10 Å². The molecule has 1 aliphatic heterocycles. The Kier molecular flexibility index (Phi) is 10.8. The number of hydrogen-bond donors (Lipinski definition) is 0. The van der Waals surface area contributed by atoms with E-state index in [9.17, 15) is 9.59 Å². The summed E-state index contributed by atoms with van der Waals surface area (Å²) in [6.07, 6.45) is 8.69. The van der Waals surface area contributed by atoms with Crippen LogP contribution in [0, 0.1) is 5.92 Å². The second kappa shape index (κ2) is 14.7. The first kappa shape index (κ1) is 29.4. The van der Waals surface area contributed by atoms with E-state index in [0.29, 0.717) is 44.3 Å². The van der Waals surface area contributed by atoms with Gasteiger partial charge in [0.25, 0.3) is 0 Å². The van der Waals surface area contributed by atoms with E-state index in [-0.39, 0.29) is 17.8 Å². The molecule has 1 heterocycles. The van der Waals surface area contributed by atoms with Crippen LogP contribution in [0.1, 0.15) is 25.0 Å². The number of anilines is 1. The van der Waals surface area contributed by atoms with Gasteiger partial charge in [0.05, 0.1) is 30.3 Å². The standard InChI is InChI=1S/C31H36N2O6S/c1-4-37-28(31(35)38-5-2)19-22-10-13-25(14-11-22)39-17-16-33-27-15-12-23(20-29(27)40-21-30(33)34)18-24-8-6-7-9-26(24)32-36-3/h6-15,20,24,28H,4-5,16-19,21H2,1-3H3. The van der Waals surface area contributed by atoms with E-state index < -0.39 is 6.10 Å². The van der Waals surface area contributed by atoms with E-state index in [1.807, 2.05) is 55.5 Å². The Labute approximate surface area is 240 Å². The molecule has 0 N–H and O–H groups in total. The summed E-state index contributed by atoms with van der Waals surface area (Å²) in [4.78, 5) is 32.8. The molecule has 0 aromatic heterocycles. The van der Waals surface area contributed by atoms with Crippen molar-refractivity contribution in [3.05, 3.63) is 77.9 Å². The molecule has 0 spiro atoms. The maximum absolute atomic E-state index is 12.8. The van der Waals surface area contributed by atoms with Gasteiger partial charge in [-0.05, 0) is 61.7 Å². The molecule has 0 bridgehead atoms. The highest BCUT2D eigenvalue weighted by atomic mass is 32.2. The molecule has 40 heavy (non-hydrogen) atoms. The van der Waals surface area contributed by atoms with Crippen molar-refractivity contribution in [2.24, 2.45) is 11.1 Å². The highest BCUT2D eigenvalue weighted by molar-refractivity contribution is 8.00. The Morgan fingerprint density at radius 1 is 1.10 bits per heavy atom. The van der Waals surface area contributed by atoms with Gasteiger partial charge in [0.2, 0.25) is 5.91 Å². The van der Waals surface area contributed by atoms with Crippen molar-refractivity contribution in [3.8, 4) is 5.75 Å². The molecule has 0 saturated carbocycles. The number of thioether (sulfide) groups is 1. The first-order chi connectivity index (χ1) is 19.5. The van der Waals surface area contributed by atoms with Crippen LogP contribution in [0.4, 0.5) is 5.69 Å². The number of oxime groups is 1. The van der Waals surface area contributed by atoms with E-state index in [1.54, 1.807) is 30.7 Å². The van der Waals surface area contributed by atoms with E-state index in [0.717, 1.165) is 28.3 Å². The van der Waals surface area contributed by atoms with Crippen molar-refractivity contribution in [1.29, 1.82) is 0 Å². The number of carbonyl (C=O) groups excluding carboxylic acids is 2. The quantitative estimate of drug-likeness (QED) is 0.250. The SMILES string of the molecule is CCOC(=O)C(Cc1ccc(OCCN2C(=O)CSc3cc(CC4C=CC=CC4=NOC)ccc32)cc1)OCC. The van der Waals surface area contributed by atoms with Gasteiger partial charge in [0, 0.05) is 23.8 Å². The fraction of sp³-hybridized carbons (Fsp3) is 0.387. The van der Waals surface area contributed by atoms with Crippen molar-refractivity contribution in [1.82, 2.24) is 0 Å². The molecule has 0 radical (unpaired) electrons. The van der Waals surface area contributed by atoms with Crippen LogP contribution >= 0.6 is 11.8 Å². The lowest BCUT2D eigenvalue weighted by atomic mass is 9.91. The monoisotopic (exact) mass is 564 g/mol. The van der Waals surface area contributed by atoms with Crippen LogP contribution in [0.2, 0.25) is 0 Å². The number of fused-ring (bicyclic) bond motifs is 1. The zero-order valence-corrected chi connectivity index (χ0v) is 24.0. The van der Waals surface area contributed by atoms with Crippen LogP contribution in [-0.2, 0) is 36.7 Å². The lowest BCUT2D eigenvalue weighted by Gasteiger charge is -2.29. The molecule has 2 aliphatic rings. The fourth-order valence-corrected chi connectivity index (χ4v) is 5.66. The Bertz CT molecular complexity index is 1260. The predicted octanol–water partition coefficient (Wildman–Crippen LogP) is 5.00. The minimum Gasteiger partial charge on any atom is -0.492 e. The number of carbonyl (C=O) groups is 2. The van der Waals surface area contributed by atoms with Gasteiger partial charge in [-0.15, -0.1) is 11.8 Å². The van der Waals surface area contributed by atoms with Gasteiger partial charge in [-0.2, -0.15) is 0 Å². The van der Waals surface area contributed by atoms with Crippen molar-refractivity contribution >= 4 is 35.0 Å². The summed E-state index contributed by atoms with van der Waals surface area (Å²) >= 11 is 1.57. The van der Waals surface area contributed by atoms with E-state index >= 15 is 0 Å². The van der Waals surface area contributed by atoms with Gasteiger partial charge in [-0.25, -0.2) is 4.79 Å². The van der Waals surface area contributed by atoms with Gasteiger partial charge < -0.3 is 23.9 Å². The number of esters is 1. The molecule has 212 valence electrons. The van der Waals surface area contributed by atoms with Crippen LogP contribution in [0.15, 0.2) is 76.8 Å². The van der Waals surface area contributed by atoms with Crippen LogP contribution in [-0.4, -0.2) is 62.9 Å².